The molecule has 0 amide bonds. The lowest BCUT2D eigenvalue weighted by molar-refractivity contribution is 0.0315. The monoisotopic (exact) mass is 215 g/mol. The lowest BCUT2D eigenvalue weighted by Gasteiger charge is -2.21. The summed E-state index contributed by atoms with van der Waals surface area (Å²) in [7, 11) is 0. The molecule has 0 aromatic carbocycles. The Morgan fingerprint density at radius 3 is 3.31 bits per heavy atom. The van der Waals surface area contributed by atoms with Gasteiger partial charge in [-0.15, -0.1) is 11.3 Å². The Labute approximate surface area is 86.7 Å². The van der Waals surface area contributed by atoms with Crippen LogP contribution in [0.15, 0.2) is 15.9 Å². The van der Waals surface area contributed by atoms with Crippen molar-refractivity contribution in [1.29, 1.82) is 0 Å². The molecule has 0 spiro atoms. The Balaban J connectivity index is 1.72. The molecule has 0 radical (unpaired) electrons. The molecule has 1 aliphatic rings. The molecule has 2 nitrogen and oxygen atoms in total. The van der Waals surface area contributed by atoms with Gasteiger partial charge in [-0.25, -0.2) is 4.98 Å². The second-order valence-electron chi connectivity index (χ2n) is 3.10. The summed E-state index contributed by atoms with van der Waals surface area (Å²) in [5.74, 6) is 1.06. The van der Waals surface area contributed by atoms with E-state index in [4.69, 9.17) is 4.74 Å². The van der Waals surface area contributed by atoms with Gasteiger partial charge >= 0.3 is 0 Å². The van der Waals surface area contributed by atoms with Crippen LogP contribution in [0.5, 0.6) is 0 Å². The molecule has 1 aromatic heterocycles. The van der Waals surface area contributed by atoms with Crippen molar-refractivity contribution in [3.8, 4) is 0 Å². The van der Waals surface area contributed by atoms with Crippen LogP contribution in [0.4, 0.5) is 0 Å². The van der Waals surface area contributed by atoms with Gasteiger partial charge in [-0.2, -0.15) is 0 Å². The van der Waals surface area contributed by atoms with E-state index >= 15 is 0 Å². The molecule has 0 bridgehead atoms. The third kappa shape index (κ3) is 2.97. The molecule has 0 saturated carbocycles. The average molecular weight is 215 g/mol. The Bertz CT molecular complexity index is 232. The molecule has 1 fully saturated rings. The van der Waals surface area contributed by atoms with Crippen molar-refractivity contribution in [1.82, 2.24) is 4.98 Å². The minimum Gasteiger partial charge on any atom is -0.377 e. The van der Waals surface area contributed by atoms with E-state index in [1.807, 2.05) is 23.3 Å². The van der Waals surface area contributed by atoms with E-state index in [0.29, 0.717) is 6.10 Å². The van der Waals surface area contributed by atoms with E-state index in [9.17, 15) is 0 Å². The topological polar surface area (TPSA) is 22.1 Å². The van der Waals surface area contributed by atoms with Crippen LogP contribution in [-0.4, -0.2) is 23.4 Å². The summed E-state index contributed by atoms with van der Waals surface area (Å²) in [6, 6.07) is 0. The van der Waals surface area contributed by atoms with Crippen LogP contribution in [0.2, 0.25) is 0 Å². The Morgan fingerprint density at radius 1 is 1.62 bits per heavy atom. The molecule has 0 aliphatic carbocycles. The van der Waals surface area contributed by atoms with Crippen LogP contribution < -0.4 is 0 Å². The highest BCUT2D eigenvalue weighted by Gasteiger charge is 2.14. The van der Waals surface area contributed by atoms with Gasteiger partial charge in [0.1, 0.15) is 4.34 Å². The third-order valence-corrected chi connectivity index (χ3v) is 4.17. The molecule has 1 unspecified atom stereocenters. The first-order valence-electron chi connectivity index (χ1n) is 4.59. The number of aromatic nitrogens is 1. The first kappa shape index (κ1) is 9.49. The molecule has 13 heavy (non-hydrogen) atoms. The predicted octanol–water partition coefficient (Wildman–Crippen LogP) is 2.80. The van der Waals surface area contributed by atoms with Gasteiger partial charge in [0, 0.05) is 23.9 Å². The average Bonchev–Trinajstić information content (AvgIpc) is 2.69. The summed E-state index contributed by atoms with van der Waals surface area (Å²) in [6.45, 7) is 0.948. The summed E-state index contributed by atoms with van der Waals surface area (Å²) in [5, 5.41) is 2.02. The van der Waals surface area contributed by atoms with Crippen LogP contribution in [0.1, 0.15) is 19.3 Å². The van der Waals surface area contributed by atoms with Gasteiger partial charge in [0.15, 0.2) is 0 Å². The molecule has 2 rings (SSSR count). The van der Waals surface area contributed by atoms with Crippen LogP contribution in [0.3, 0.4) is 0 Å². The van der Waals surface area contributed by atoms with Gasteiger partial charge in [0.05, 0.1) is 6.10 Å². The van der Waals surface area contributed by atoms with Crippen molar-refractivity contribution < 1.29 is 4.74 Å². The normalized spacial score (nSPS) is 23.2. The Hall–Kier alpha value is -0.0600. The number of hydrogen-bond donors (Lipinski definition) is 0. The summed E-state index contributed by atoms with van der Waals surface area (Å²) in [6.07, 6.45) is 6.09. The minimum atomic E-state index is 0.461. The lowest BCUT2D eigenvalue weighted by Crippen LogP contribution is -2.21. The van der Waals surface area contributed by atoms with E-state index in [1.54, 1.807) is 11.3 Å². The summed E-state index contributed by atoms with van der Waals surface area (Å²) < 4.78 is 6.79. The largest absolute Gasteiger partial charge is 0.377 e. The van der Waals surface area contributed by atoms with Crippen molar-refractivity contribution in [2.75, 3.05) is 12.4 Å². The molecule has 1 aliphatic heterocycles. The maximum atomic E-state index is 5.63. The van der Waals surface area contributed by atoms with E-state index in [-0.39, 0.29) is 0 Å². The number of hydrogen-bond acceptors (Lipinski definition) is 4. The number of rotatable bonds is 3. The fourth-order valence-corrected chi connectivity index (χ4v) is 3.11. The van der Waals surface area contributed by atoms with Gasteiger partial charge in [0.2, 0.25) is 0 Å². The highest BCUT2D eigenvalue weighted by Crippen LogP contribution is 2.24. The maximum absolute atomic E-state index is 5.63. The Kier molecular flexibility index (Phi) is 3.64. The fraction of sp³-hybridized carbons (Fsp3) is 0.667. The zero-order valence-electron chi connectivity index (χ0n) is 7.44. The second-order valence-corrected chi connectivity index (χ2v) is 5.26. The zero-order valence-corrected chi connectivity index (χ0v) is 9.07. The van der Waals surface area contributed by atoms with E-state index in [1.165, 1.54) is 19.3 Å². The first-order chi connectivity index (χ1) is 6.45. The van der Waals surface area contributed by atoms with Crippen molar-refractivity contribution >= 4 is 23.1 Å². The van der Waals surface area contributed by atoms with Gasteiger partial charge in [0.25, 0.3) is 0 Å². The standard InChI is InChI=1S/C9H13NOS2/c1-2-5-11-8(3-1)7-13-9-10-4-6-12-9/h4,6,8H,1-3,5,7H2. The highest BCUT2D eigenvalue weighted by molar-refractivity contribution is 8.01. The van der Waals surface area contributed by atoms with Crippen LogP contribution in [0.25, 0.3) is 0 Å². The van der Waals surface area contributed by atoms with Crippen LogP contribution >= 0.6 is 23.1 Å². The molecular formula is C9H13NOS2. The maximum Gasteiger partial charge on any atom is 0.149 e. The zero-order chi connectivity index (χ0) is 8.93. The predicted molar refractivity (Wildman–Crippen MR) is 56.4 cm³/mol. The molecular weight excluding hydrogens is 202 g/mol. The first-order valence-corrected chi connectivity index (χ1v) is 6.45. The van der Waals surface area contributed by atoms with Crippen molar-refractivity contribution in [3.63, 3.8) is 0 Å². The number of nitrogens with zero attached hydrogens (tertiary/aromatic N) is 1. The van der Waals surface area contributed by atoms with Crippen LogP contribution in [-0.2, 0) is 4.74 Å². The number of thiazole rings is 1. The highest BCUT2D eigenvalue weighted by atomic mass is 32.2. The molecule has 72 valence electrons. The molecule has 2 heterocycles. The molecule has 1 atom stereocenters. The third-order valence-electron chi connectivity index (χ3n) is 2.08. The van der Waals surface area contributed by atoms with Crippen LogP contribution in [0, 0.1) is 0 Å². The van der Waals surface area contributed by atoms with Crippen molar-refractivity contribution in [2.24, 2.45) is 0 Å². The van der Waals surface area contributed by atoms with Crippen molar-refractivity contribution in [3.05, 3.63) is 11.6 Å². The second kappa shape index (κ2) is 4.98. The smallest absolute Gasteiger partial charge is 0.149 e. The van der Waals surface area contributed by atoms with E-state index < -0.39 is 0 Å². The van der Waals surface area contributed by atoms with E-state index in [0.717, 1.165) is 16.7 Å². The minimum absolute atomic E-state index is 0.461. The summed E-state index contributed by atoms with van der Waals surface area (Å²) in [4.78, 5) is 4.23. The fourth-order valence-electron chi connectivity index (χ4n) is 1.38. The van der Waals surface area contributed by atoms with E-state index in [2.05, 4.69) is 4.98 Å². The van der Waals surface area contributed by atoms with Gasteiger partial charge in [-0.05, 0) is 19.3 Å². The molecule has 1 saturated heterocycles. The lowest BCUT2D eigenvalue weighted by atomic mass is 10.1. The number of thioether (sulfide) groups is 1. The van der Waals surface area contributed by atoms with Crippen molar-refractivity contribution in [2.45, 2.75) is 29.7 Å². The quantitative estimate of drug-likeness (QED) is 0.724. The summed E-state index contributed by atoms with van der Waals surface area (Å²) >= 11 is 3.52. The Morgan fingerprint density at radius 2 is 2.62 bits per heavy atom. The summed E-state index contributed by atoms with van der Waals surface area (Å²) in [5.41, 5.74) is 0. The SMILES string of the molecule is c1csc(SCC2CCCCO2)n1. The number of ether oxygens (including phenoxy) is 1. The molecule has 1 aromatic rings. The van der Waals surface area contributed by atoms with Gasteiger partial charge < -0.3 is 4.74 Å². The molecule has 4 heteroatoms. The van der Waals surface area contributed by atoms with Gasteiger partial charge in [-0.1, -0.05) is 11.8 Å². The van der Waals surface area contributed by atoms with Gasteiger partial charge in [-0.3, -0.25) is 0 Å². The molecule has 0 N–H and O–H groups in total.